The highest BCUT2D eigenvalue weighted by Crippen LogP contribution is 2.26. The van der Waals surface area contributed by atoms with E-state index in [-0.39, 0.29) is 28.3 Å². The van der Waals surface area contributed by atoms with Crippen molar-refractivity contribution in [1.29, 1.82) is 0 Å². The van der Waals surface area contributed by atoms with E-state index in [2.05, 4.69) is 10.5 Å². The molecule has 2 aromatic carbocycles. The van der Waals surface area contributed by atoms with Crippen LogP contribution in [0.4, 0.5) is 11.4 Å². The molecule has 0 unspecified atom stereocenters. The first-order chi connectivity index (χ1) is 12.3. The van der Waals surface area contributed by atoms with Gasteiger partial charge in [0.05, 0.1) is 28.7 Å². The molecule has 10 nitrogen and oxygen atoms in total. The monoisotopic (exact) mass is 358 g/mol. The van der Waals surface area contributed by atoms with E-state index in [1.54, 1.807) is 0 Å². The van der Waals surface area contributed by atoms with Gasteiger partial charge in [-0.15, -0.1) is 0 Å². The molecule has 1 amide bonds. The Labute approximate surface area is 147 Å². The van der Waals surface area contributed by atoms with Crippen LogP contribution in [0, 0.1) is 27.2 Å². The van der Waals surface area contributed by atoms with Crippen molar-refractivity contribution < 1.29 is 19.4 Å². The molecule has 26 heavy (non-hydrogen) atoms. The Morgan fingerprint density at radius 1 is 1.15 bits per heavy atom. The van der Waals surface area contributed by atoms with Gasteiger partial charge in [-0.05, 0) is 25.1 Å². The van der Waals surface area contributed by atoms with Gasteiger partial charge in [0.25, 0.3) is 11.6 Å². The predicted molar refractivity (Wildman–Crippen MR) is 92.5 cm³/mol. The van der Waals surface area contributed by atoms with E-state index in [1.165, 1.54) is 56.6 Å². The lowest BCUT2D eigenvalue weighted by Gasteiger charge is -2.05. The number of benzene rings is 2. The number of methoxy groups -OCH3 is 1. The highest BCUT2D eigenvalue weighted by Gasteiger charge is 2.18. The van der Waals surface area contributed by atoms with Crippen molar-refractivity contribution in [3.63, 3.8) is 0 Å². The summed E-state index contributed by atoms with van der Waals surface area (Å²) >= 11 is 0. The fourth-order valence-electron chi connectivity index (χ4n) is 2.22. The molecular weight excluding hydrogens is 344 g/mol. The molecule has 2 rings (SSSR count). The Morgan fingerprint density at radius 3 is 2.46 bits per heavy atom. The normalized spacial score (nSPS) is 10.5. The van der Waals surface area contributed by atoms with Crippen molar-refractivity contribution in [2.45, 2.75) is 6.92 Å². The lowest BCUT2D eigenvalue weighted by Crippen LogP contribution is -2.19. The van der Waals surface area contributed by atoms with E-state index in [4.69, 9.17) is 4.74 Å². The number of carbonyl (C=O) groups is 1. The van der Waals surface area contributed by atoms with Crippen molar-refractivity contribution in [1.82, 2.24) is 5.43 Å². The number of nitro benzene ring substituents is 2. The van der Waals surface area contributed by atoms with Crippen molar-refractivity contribution in [3.8, 4) is 5.75 Å². The van der Waals surface area contributed by atoms with E-state index in [0.29, 0.717) is 5.56 Å². The molecule has 0 aliphatic heterocycles. The Kier molecular flexibility index (Phi) is 5.58. The Balaban J connectivity index is 2.18. The van der Waals surface area contributed by atoms with E-state index in [9.17, 15) is 25.0 Å². The van der Waals surface area contributed by atoms with Gasteiger partial charge in [0.15, 0.2) is 5.75 Å². The maximum atomic E-state index is 12.1. The minimum absolute atomic E-state index is 0.100. The standard InChI is InChI=1S/C16H14N4O6/c1-10-12(4-3-5-13(10)19(22)23)16(21)18-17-9-11-6-7-15(26-2)14(8-11)20(24)25/h3-9H,1-2H3,(H,18,21)/b17-9+. The second-order valence-corrected chi connectivity index (χ2v) is 5.09. The molecule has 1 N–H and O–H groups in total. The minimum atomic E-state index is -0.634. The molecule has 0 aromatic heterocycles. The summed E-state index contributed by atoms with van der Waals surface area (Å²) in [6, 6.07) is 8.31. The Bertz CT molecular complexity index is 910. The molecule has 0 saturated carbocycles. The summed E-state index contributed by atoms with van der Waals surface area (Å²) in [4.78, 5) is 32.9. The maximum absolute atomic E-state index is 12.1. The van der Waals surface area contributed by atoms with Gasteiger partial charge in [-0.2, -0.15) is 5.10 Å². The lowest BCUT2D eigenvalue weighted by atomic mass is 10.1. The lowest BCUT2D eigenvalue weighted by molar-refractivity contribution is -0.385. The van der Waals surface area contributed by atoms with Crippen LogP contribution in [0.1, 0.15) is 21.5 Å². The van der Waals surface area contributed by atoms with Crippen LogP contribution in [-0.2, 0) is 0 Å². The molecule has 134 valence electrons. The molecule has 0 fully saturated rings. The number of hydrogen-bond acceptors (Lipinski definition) is 7. The minimum Gasteiger partial charge on any atom is -0.490 e. The van der Waals surface area contributed by atoms with E-state index in [1.807, 2.05) is 0 Å². The number of nitrogens with zero attached hydrogens (tertiary/aromatic N) is 3. The van der Waals surface area contributed by atoms with Gasteiger partial charge < -0.3 is 4.74 Å². The van der Waals surface area contributed by atoms with Crippen LogP contribution >= 0.6 is 0 Å². The predicted octanol–water partition coefficient (Wildman–Crippen LogP) is 2.58. The van der Waals surface area contributed by atoms with Gasteiger partial charge in [-0.1, -0.05) is 6.07 Å². The highest BCUT2D eigenvalue weighted by atomic mass is 16.6. The number of hydrazone groups is 1. The average molecular weight is 358 g/mol. The van der Waals surface area contributed by atoms with Gasteiger partial charge in [0.1, 0.15) is 0 Å². The van der Waals surface area contributed by atoms with E-state index >= 15 is 0 Å². The number of rotatable bonds is 6. The third kappa shape index (κ3) is 3.98. The zero-order valence-corrected chi connectivity index (χ0v) is 13.8. The second-order valence-electron chi connectivity index (χ2n) is 5.09. The summed E-state index contributed by atoms with van der Waals surface area (Å²) in [6.07, 6.45) is 1.22. The summed E-state index contributed by atoms with van der Waals surface area (Å²) in [6.45, 7) is 1.46. The summed E-state index contributed by atoms with van der Waals surface area (Å²) in [7, 11) is 1.32. The quantitative estimate of drug-likeness (QED) is 0.478. The topological polar surface area (TPSA) is 137 Å². The number of carbonyl (C=O) groups excluding carboxylic acids is 1. The number of nitro groups is 2. The molecule has 0 aliphatic carbocycles. The van der Waals surface area contributed by atoms with Crippen LogP contribution in [0.2, 0.25) is 0 Å². The Hall–Kier alpha value is -3.82. The second kappa shape index (κ2) is 7.83. The molecule has 0 atom stereocenters. The van der Waals surface area contributed by atoms with Crippen LogP contribution < -0.4 is 10.2 Å². The van der Waals surface area contributed by atoms with Crippen molar-refractivity contribution >= 4 is 23.5 Å². The van der Waals surface area contributed by atoms with Crippen molar-refractivity contribution in [2.24, 2.45) is 5.10 Å². The number of amides is 1. The smallest absolute Gasteiger partial charge is 0.311 e. The molecule has 0 heterocycles. The first kappa shape index (κ1) is 18.5. The van der Waals surface area contributed by atoms with Crippen molar-refractivity contribution in [3.05, 3.63) is 73.3 Å². The summed E-state index contributed by atoms with van der Waals surface area (Å²) < 4.78 is 4.89. The first-order valence-electron chi connectivity index (χ1n) is 7.25. The fraction of sp³-hybridized carbons (Fsp3) is 0.125. The van der Waals surface area contributed by atoms with Crippen LogP contribution in [0.5, 0.6) is 5.75 Å². The fourth-order valence-corrected chi connectivity index (χ4v) is 2.22. The summed E-state index contributed by atoms with van der Waals surface area (Å²) in [5, 5.41) is 25.6. The number of nitrogens with one attached hydrogen (secondary N) is 1. The zero-order valence-electron chi connectivity index (χ0n) is 13.8. The van der Waals surface area contributed by atoms with Gasteiger partial charge in [0, 0.05) is 23.3 Å². The number of hydrogen-bond donors (Lipinski definition) is 1. The van der Waals surface area contributed by atoms with Gasteiger partial charge >= 0.3 is 5.69 Å². The van der Waals surface area contributed by atoms with Gasteiger partial charge in [-0.3, -0.25) is 25.0 Å². The molecule has 10 heteroatoms. The molecule has 0 radical (unpaired) electrons. The third-order valence-electron chi connectivity index (χ3n) is 3.53. The molecule has 0 spiro atoms. The van der Waals surface area contributed by atoms with Crippen LogP contribution in [-0.4, -0.2) is 29.1 Å². The molecular formula is C16H14N4O6. The summed E-state index contributed by atoms with van der Waals surface area (Å²) in [5.74, 6) is -0.533. The van der Waals surface area contributed by atoms with Crippen LogP contribution in [0.3, 0.4) is 0 Å². The third-order valence-corrected chi connectivity index (χ3v) is 3.53. The molecule has 0 aliphatic rings. The van der Waals surface area contributed by atoms with Gasteiger partial charge in [0.2, 0.25) is 0 Å². The van der Waals surface area contributed by atoms with Gasteiger partial charge in [-0.25, -0.2) is 5.43 Å². The first-order valence-corrected chi connectivity index (χ1v) is 7.25. The Morgan fingerprint density at radius 2 is 1.85 bits per heavy atom. The van der Waals surface area contributed by atoms with E-state index in [0.717, 1.165) is 0 Å². The number of ether oxygens (including phenoxy) is 1. The van der Waals surface area contributed by atoms with Crippen LogP contribution in [0.25, 0.3) is 0 Å². The summed E-state index contributed by atoms with van der Waals surface area (Å²) in [5.41, 5.74) is 2.52. The van der Waals surface area contributed by atoms with Crippen LogP contribution in [0.15, 0.2) is 41.5 Å². The average Bonchev–Trinajstić information content (AvgIpc) is 2.61. The molecule has 0 bridgehead atoms. The molecule has 0 saturated heterocycles. The zero-order chi connectivity index (χ0) is 19.3. The largest absolute Gasteiger partial charge is 0.490 e. The van der Waals surface area contributed by atoms with Crippen molar-refractivity contribution in [2.75, 3.05) is 7.11 Å². The molecule has 2 aromatic rings. The maximum Gasteiger partial charge on any atom is 0.311 e. The highest BCUT2D eigenvalue weighted by molar-refractivity contribution is 5.97. The SMILES string of the molecule is COc1ccc(/C=N/NC(=O)c2cccc([N+](=O)[O-])c2C)cc1[N+](=O)[O-]. The van der Waals surface area contributed by atoms with E-state index < -0.39 is 15.8 Å².